The lowest BCUT2D eigenvalue weighted by Gasteiger charge is -2.11. The van der Waals surface area contributed by atoms with Crippen LogP contribution in [0.15, 0.2) is 36.4 Å². The fraction of sp³-hybridized carbons (Fsp3) is 0.133. The normalized spacial score (nSPS) is 10.8. The molecule has 0 aliphatic carbocycles. The molecule has 108 valence electrons. The van der Waals surface area contributed by atoms with E-state index in [0.29, 0.717) is 15.5 Å². The molecule has 0 aliphatic rings. The Morgan fingerprint density at radius 2 is 1.86 bits per heavy atom. The van der Waals surface area contributed by atoms with E-state index in [2.05, 4.69) is 4.98 Å². The van der Waals surface area contributed by atoms with Crippen LogP contribution in [0.3, 0.4) is 0 Å². The third-order valence-electron chi connectivity index (χ3n) is 3.28. The number of fused-ring (bicyclic) bond motifs is 1. The first-order valence-corrected chi connectivity index (χ1v) is 7.06. The SMILES string of the molecule is COc1ccc(Cl)cc1-n1c(=S)[nH]c2c(OC)cccc21. The molecule has 3 rings (SSSR count). The van der Waals surface area contributed by atoms with Crippen LogP contribution < -0.4 is 9.47 Å². The third-order valence-corrected chi connectivity index (χ3v) is 3.80. The molecule has 0 bridgehead atoms. The lowest BCUT2D eigenvalue weighted by molar-refractivity contribution is 0.413. The summed E-state index contributed by atoms with van der Waals surface area (Å²) in [6, 6.07) is 11.2. The zero-order valence-corrected chi connectivity index (χ0v) is 13.1. The van der Waals surface area contributed by atoms with E-state index in [1.54, 1.807) is 20.3 Å². The van der Waals surface area contributed by atoms with E-state index >= 15 is 0 Å². The van der Waals surface area contributed by atoms with Crippen LogP contribution in [0.4, 0.5) is 0 Å². The van der Waals surface area contributed by atoms with Gasteiger partial charge in [0.25, 0.3) is 0 Å². The van der Waals surface area contributed by atoms with Crippen molar-refractivity contribution >= 4 is 34.9 Å². The van der Waals surface area contributed by atoms with Crippen LogP contribution in [0.2, 0.25) is 5.02 Å². The van der Waals surface area contributed by atoms with E-state index in [-0.39, 0.29) is 0 Å². The van der Waals surface area contributed by atoms with Crippen molar-refractivity contribution in [3.05, 3.63) is 46.2 Å². The van der Waals surface area contributed by atoms with Gasteiger partial charge in [0.15, 0.2) is 4.77 Å². The minimum atomic E-state index is 0.551. The predicted octanol–water partition coefficient (Wildman–Crippen LogP) is 4.36. The van der Waals surface area contributed by atoms with Crippen molar-refractivity contribution in [3.8, 4) is 17.2 Å². The van der Waals surface area contributed by atoms with Crippen molar-refractivity contribution in [2.24, 2.45) is 0 Å². The number of hydrogen-bond donors (Lipinski definition) is 1. The highest BCUT2D eigenvalue weighted by Crippen LogP contribution is 2.32. The highest BCUT2D eigenvalue weighted by atomic mass is 35.5. The molecule has 1 N–H and O–H groups in total. The maximum atomic E-state index is 6.11. The largest absolute Gasteiger partial charge is 0.495 e. The minimum absolute atomic E-state index is 0.551. The number of imidazole rings is 1. The van der Waals surface area contributed by atoms with Gasteiger partial charge in [0.2, 0.25) is 0 Å². The standard InChI is InChI=1S/C15H13ClN2O2S/c1-19-12-7-6-9(16)8-11(12)18-10-4-3-5-13(20-2)14(10)17-15(18)21/h3-8H,1-2H3,(H,17,21). The monoisotopic (exact) mass is 320 g/mol. The fourth-order valence-electron chi connectivity index (χ4n) is 2.35. The molecule has 4 nitrogen and oxygen atoms in total. The van der Waals surface area contributed by atoms with E-state index in [0.717, 1.165) is 22.5 Å². The molecule has 0 aliphatic heterocycles. The van der Waals surface area contributed by atoms with Crippen molar-refractivity contribution < 1.29 is 9.47 Å². The fourth-order valence-corrected chi connectivity index (χ4v) is 2.82. The summed E-state index contributed by atoms with van der Waals surface area (Å²) in [5, 5.41) is 0.616. The van der Waals surface area contributed by atoms with Gasteiger partial charge in [-0.15, -0.1) is 0 Å². The van der Waals surface area contributed by atoms with Gasteiger partial charge >= 0.3 is 0 Å². The van der Waals surface area contributed by atoms with Crippen molar-refractivity contribution in [2.45, 2.75) is 0 Å². The first kappa shape index (κ1) is 14.0. The van der Waals surface area contributed by atoms with Crippen molar-refractivity contribution in [1.29, 1.82) is 0 Å². The molecule has 0 fully saturated rings. The van der Waals surface area contributed by atoms with E-state index in [1.165, 1.54) is 0 Å². The Balaban J connectivity index is 2.38. The van der Waals surface area contributed by atoms with Crippen LogP contribution in [0, 0.1) is 4.77 Å². The number of nitrogens with zero attached hydrogens (tertiary/aromatic N) is 1. The van der Waals surface area contributed by atoms with Gasteiger partial charge in [0.1, 0.15) is 17.0 Å². The topological polar surface area (TPSA) is 39.2 Å². The summed E-state index contributed by atoms with van der Waals surface area (Å²) in [7, 11) is 3.24. The average molecular weight is 321 g/mol. The van der Waals surface area contributed by atoms with Crippen molar-refractivity contribution in [1.82, 2.24) is 9.55 Å². The van der Waals surface area contributed by atoms with Gasteiger partial charge in [-0.05, 0) is 42.5 Å². The number of aromatic nitrogens is 2. The quantitative estimate of drug-likeness (QED) is 0.729. The molecule has 0 spiro atoms. The Labute approximate surface area is 131 Å². The molecule has 1 aromatic heterocycles. The molecule has 0 atom stereocenters. The Morgan fingerprint density at radius 1 is 1.10 bits per heavy atom. The lowest BCUT2D eigenvalue weighted by atomic mass is 10.2. The number of para-hydroxylation sites is 1. The Kier molecular flexibility index (Phi) is 3.61. The lowest BCUT2D eigenvalue weighted by Crippen LogP contribution is -1.98. The second-order valence-corrected chi connectivity index (χ2v) is 5.26. The molecule has 0 unspecified atom stereocenters. The van der Waals surface area contributed by atoms with Crippen LogP contribution in [0.5, 0.6) is 11.5 Å². The second-order valence-electron chi connectivity index (χ2n) is 4.44. The van der Waals surface area contributed by atoms with Crippen LogP contribution in [0.1, 0.15) is 0 Å². The molecule has 0 saturated heterocycles. The highest BCUT2D eigenvalue weighted by molar-refractivity contribution is 7.71. The summed E-state index contributed by atoms with van der Waals surface area (Å²) >= 11 is 11.6. The maximum Gasteiger partial charge on any atom is 0.182 e. The summed E-state index contributed by atoms with van der Waals surface area (Å²) in [4.78, 5) is 3.17. The summed E-state index contributed by atoms with van der Waals surface area (Å²) < 4.78 is 13.2. The number of rotatable bonds is 3. The van der Waals surface area contributed by atoms with Crippen molar-refractivity contribution in [3.63, 3.8) is 0 Å². The number of H-pyrrole nitrogens is 1. The number of halogens is 1. The van der Waals surface area contributed by atoms with E-state index in [9.17, 15) is 0 Å². The number of aromatic amines is 1. The van der Waals surface area contributed by atoms with Gasteiger partial charge in [-0.25, -0.2) is 0 Å². The Hall–Kier alpha value is -1.98. The minimum Gasteiger partial charge on any atom is -0.495 e. The number of methoxy groups -OCH3 is 2. The third kappa shape index (κ3) is 2.28. The molecule has 21 heavy (non-hydrogen) atoms. The van der Waals surface area contributed by atoms with Gasteiger partial charge in [0, 0.05) is 5.02 Å². The summed E-state index contributed by atoms with van der Waals surface area (Å²) in [5.41, 5.74) is 2.53. The molecule has 3 aromatic rings. The summed E-state index contributed by atoms with van der Waals surface area (Å²) in [6.07, 6.45) is 0. The van der Waals surface area contributed by atoms with Gasteiger partial charge < -0.3 is 14.5 Å². The maximum absolute atomic E-state index is 6.11. The van der Waals surface area contributed by atoms with Gasteiger partial charge in [-0.2, -0.15) is 0 Å². The first-order chi connectivity index (χ1) is 10.2. The van der Waals surface area contributed by atoms with Crippen molar-refractivity contribution in [2.75, 3.05) is 14.2 Å². The smallest absolute Gasteiger partial charge is 0.182 e. The molecule has 0 saturated carbocycles. The first-order valence-electron chi connectivity index (χ1n) is 6.27. The predicted molar refractivity (Wildman–Crippen MR) is 86.6 cm³/mol. The van der Waals surface area contributed by atoms with Crippen LogP contribution in [-0.2, 0) is 0 Å². The average Bonchev–Trinajstić information content (AvgIpc) is 2.82. The number of hydrogen-bond acceptors (Lipinski definition) is 3. The summed E-state index contributed by atoms with van der Waals surface area (Å²) in [6.45, 7) is 0. The molecule has 1 heterocycles. The molecular formula is C15H13ClN2O2S. The van der Waals surface area contributed by atoms with E-state index < -0.39 is 0 Å². The van der Waals surface area contributed by atoms with Crippen LogP contribution >= 0.6 is 23.8 Å². The number of nitrogens with one attached hydrogen (secondary N) is 1. The molecule has 6 heteroatoms. The van der Waals surface area contributed by atoms with Crippen LogP contribution in [-0.4, -0.2) is 23.8 Å². The van der Waals surface area contributed by atoms with E-state index in [1.807, 2.05) is 34.9 Å². The van der Waals surface area contributed by atoms with Gasteiger partial charge in [-0.1, -0.05) is 17.7 Å². The number of benzene rings is 2. The second kappa shape index (κ2) is 5.42. The Morgan fingerprint density at radius 3 is 2.57 bits per heavy atom. The van der Waals surface area contributed by atoms with Crippen LogP contribution in [0.25, 0.3) is 16.7 Å². The molecule has 0 amide bonds. The number of ether oxygens (including phenoxy) is 2. The summed E-state index contributed by atoms with van der Waals surface area (Å²) in [5.74, 6) is 1.43. The molecule has 2 aromatic carbocycles. The van der Waals surface area contributed by atoms with E-state index in [4.69, 9.17) is 33.3 Å². The molecular weight excluding hydrogens is 308 g/mol. The van der Waals surface area contributed by atoms with Gasteiger partial charge in [-0.3, -0.25) is 4.57 Å². The molecule has 0 radical (unpaired) electrons. The Bertz CT molecular complexity index is 870. The zero-order chi connectivity index (χ0) is 15.0. The van der Waals surface area contributed by atoms with Gasteiger partial charge in [0.05, 0.1) is 25.4 Å². The zero-order valence-electron chi connectivity index (χ0n) is 11.5. The highest BCUT2D eigenvalue weighted by Gasteiger charge is 2.14.